The molecule has 3 N–H and O–H groups in total. The molecule has 0 unspecified atom stereocenters. The maximum Gasteiger partial charge on any atom is 0.274 e. The van der Waals surface area contributed by atoms with Crippen molar-refractivity contribution in [3.63, 3.8) is 0 Å². The average molecular weight is 295 g/mol. The van der Waals surface area contributed by atoms with E-state index in [1.54, 1.807) is 12.3 Å². The molecule has 20 heavy (non-hydrogen) atoms. The van der Waals surface area contributed by atoms with E-state index >= 15 is 0 Å². The molecule has 108 valence electrons. The highest BCUT2D eigenvalue weighted by Gasteiger charge is 2.21. The number of nitrogens with one attached hydrogen (secondary N) is 1. The quantitative estimate of drug-likeness (QED) is 0.809. The van der Waals surface area contributed by atoms with E-state index in [1.165, 1.54) is 0 Å². The molecule has 1 saturated heterocycles. The van der Waals surface area contributed by atoms with Crippen molar-refractivity contribution in [2.24, 2.45) is 11.1 Å². The Hall–Kier alpha value is -1.69. The van der Waals surface area contributed by atoms with E-state index in [-0.39, 0.29) is 5.92 Å². The van der Waals surface area contributed by atoms with Crippen LogP contribution in [0.15, 0.2) is 18.3 Å². The van der Waals surface area contributed by atoms with Gasteiger partial charge in [-0.2, -0.15) is 13.7 Å². The first-order valence-electron chi connectivity index (χ1n) is 6.36. The Balaban J connectivity index is 1.97. The third kappa shape index (κ3) is 4.16. The fraction of sp³-hybridized carbons (Fsp3) is 0.500. The largest absolute Gasteiger partial charge is 0.356 e. The Morgan fingerprint density at radius 2 is 2.35 bits per heavy atom. The Morgan fingerprint density at radius 1 is 1.55 bits per heavy atom. The van der Waals surface area contributed by atoms with Gasteiger partial charge in [0.25, 0.3) is 10.2 Å². The number of hydrogen-bond acceptors (Lipinski definition) is 5. The lowest BCUT2D eigenvalue weighted by atomic mass is 9.98. The summed E-state index contributed by atoms with van der Waals surface area (Å²) in [4.78, 5) is 6.35. The summed E-state index contributed by atoms with van der Waals surface area (Å²) < 4.78 is 24.2. The number of aromatic nitrogens is 1. The molecule has 1 fully saturated rings. The van der Waals surface area contributed by atoms with Crippen molar-refractivity contribution < 1.29 is 8.42 Å². The zero-order valence-electron chi connectivity index (χ0n) is 11.0. The highest BCUT2D eigenvalue weighted by molar-refractivity contribution is 7.87. The zero-order valence-corrected chi connectivity index (χ0v) is 11.8. The van der Waals surface area contributed by atoms with Crippen molar-refractivity contribution in [2.45, 2.75) is 12.8 Å². The van der Waals surface area contributed by atoms with Gasteiger partial charge in [-0.3, -0.25) is 0 Å². The van der Waals surface area contributed by atoms with Crippen LogP contribution in [0.5, 0.6) is 0 Å². The van der Waals surface area contributed by atoms with Gasteiger partial charge in [-0.1, -0.05) is 0 Å². The van der Waals surface area contributed by atoms with E-state index < -0.39 is 10.2 Å². The van der Waals surface area contributed by atoms with Crippen LogP contribution in [0.2, 0.25) is 0 Å². The van der Waals surface area contributed by atoms with Crippen LogP contribution < -0.4 is 14.8 Å². The summed E-state index contributed by atoms with van der Waals surface area (Å²) in [6.07, 6.45) is 3.47. The van der Waals surface area contributed by atoms with E-state index in [4.69, 9.17) is 10.4 Å². The molecule has 7 nitrogen and oxygen atoms in total. The summed E-state index contributed by atoms with van der Waals surface area (Å²) >= 11 is 0. The van der Waals surface area contributed by atoms with Crippen molar-refractivity contribution in [1.82, 2.24) is 9.71 Å². The van der Waals surface area contributed by atoms with Gasteiger partial charge in [0, 0.05) is 25.8 Å². The number of nitriles is 1. The second kappa shape index (κ2) is 6.17. The molecule has 2 rings (SSSR count). The minimum Gasteiger partial charge on any atom is -0.356 e. The number of nitrogens with two attached hydrogens (primary N) is 1. The minimum atomic E-state index is -3.63. The van der Waals surface area contributed by atoms with Gasteiger partial charge in [-0.05, 0) is 30.9 Å². The number of piperidine rings is 1. The Labute approximate surface area is 118 Å². The lowest BCUT2D eigenvalue weighted by molar-refractivity contribution is 0.409. The Morgan fingerprint density at radius 3 is 2.95 bits per heavy atom. The summed E-state index contributed by atoms with van der Waals surface area (Å²) in [6.45, 7) is 1.94. The van der Waals surface area contributed by atoms with Crippen LogP contribution in [-0.4, -0.2) is 33.0 Å². The van der Waals surface area contributed by atoms with Gasteiger partial charge >= 0.3 is 0 Å². The fourth-order valence-corrected chi connectivity index (χ4v) is 2.78. The van der Waals surface area contributed by atoms with E-state index in [1.807, 2.05) is 12.1 Å². The van der Waals surface area contributed by atoms with Crippen molar-refractivity contribution in [3.8, 4) is 6.07 Å². The summed E-state index contributed by atoms with van der Waals surface area (Å²) in [5.74, 6) is 1.02. The standard InChI is InChI=1S/C12H17N5O2S/c13-6-10-3-4-12(15-7-10)17-5-1-2-11(9-17)8-16-20(14,18)19/h3-4,7,11,16H,1-2,5,8-9H2,(H2,14,18,19)/t11-/m1/s1. The third-order valence-electron chi connectivity index (χ3n) is 3.29. The number of pyridine rings is 1. The summed E-state index contributed by atoms with van der Waals surface area (Å²) in [7, 11) is -3.63. The molecule has 2 heterocycles. The van der Waals surface area contributed by atoms with Gasteiger partial charge in [0.1, 0.15) is 11.9 Å². The van der Waals surface area contributed by atoms with E-state index in [9.17, 15) is 8.42 Å². The average Bonchev–Trinajstić information content (AvgIpc) is 2.45. The molecule has 0 aromatic carbocycles. The smallest absolute Gasteiger partial charge is 0.274 e. The molecule has 0 spiro atoms. The fourth-order valence-electron chi connectivity index (χ4n) is 2.31. The van der Waals surface area contributed by atoms with E-state index in [0.717, 1.165) is 31.7 Å². The van der Waals surface area contributed by atoms with Gasteiger partial charge < -0.3 is 4.90 Å². The van der Waals surface area contributed by atoms with Crippen LogP contribution in [0.25, 0.3) is 0 Å². The summed E-state index contributed by atoms with van der Waals surface area (Å²) in [5, 5.41) is 13.7. The molecule has 1 aromatic heterocycles. The molecule has 0 aliphatic carbocycles. The Kier molecular flexibility index (Phi) is 4.54. The van der Waals surface area contributed by atoms with Crippen molar-refractivity contribution in [2.75, 3.05) is 24.5 Å². The van der Waals surface area contributed by atoms with Gasteiger partial charge in [0.15, 0.2) is 0 Å². The third-order valence-corrected chi connectivity index (χ3v) is 3.86. The topological polar surface area (TPSA) is 112 Å². The highest BCUT2D eigenvalue weighted by atomic mass is 32.2. The highest BCUT2D eigenvalue weighted by Crippen LogP contribution is 2.21. The molecule has 1 aliphatic rings. The van der Waals surface area contributed by atoms with Crippen molar-refractivity contribution in [3.05, 3.63) is 23.9 Å². The molecule has 0 bridgehead atoms. The molecular formula is C12H17N5O2S. The van der Waals surface area contributed by atoms with Gasteiger partial charge in [-0.15, -0.1) is 0 Å². The van der Waals surface area contributed by atoms with Gasteiger partial charge in [0.05, 0.1) is 5.56 Å². The Bertz CT molecular complexity index is 593. The van der Waals surface area contributed by atoms with Crippen LogP contribution in [-0.2, 0) is 10.2 Å². The van der Waals surface area contributed by atoms with E-state index in [0.29, 0.717) is 12.1 Å². The number of anilines is 1. The molecule has 1 atom stereocenters. The maximum atomic E-state index is 10.9. The van der Waals surface area contributed by atoms with Crippen LogP contribution in [0.1, 0.15) is 18.4 Å². The first kappa shape index (κ1) is 14.7. The molecule has 0 amide bonds. The SMILES string of the molecule is N#Cc1ccc(N2CCC[C@H](CNS(N)(=O)=O)C2)nc1. The minimum absolute atomic E-state index is 0.208. The number of rotatable bonds is 4. The van der Waals surface area contributed by atoms with Crippen molar-refractivity contribution >= 4 is 16.0 Å². The van der Waals surface area contributed by atoms with Crippen LogP contribution in [0, 0.1) is 17.2 Å². The monoisotopic (exact) mass is 295 g/mol. The summed E-state index contributed by atoms with van der Waals surface area (Å²) in [5.41, 5.74) is 0.526. The molecule has 1 aliphatic heterocycles. The molecule has 8 heteroatoms. The normalized spacial score (nSPS) is 19.6. The van der Waals surface area contributed by atoms with Crippen LogP contribution >= 0.6 is 0 Å². The lowest BCUT2D eigenvalue weighted by Gasteiger charge is -2.33. The first-order chi connectivity index (χ1) is 9.48. The van der Waals surface area contributed by atoms with Crippen molar-refractivity contribution in [1.29, 1.82) is 5.26 Å². The van der Waals surface area contributed by atoms with Gasteiger partial charge in [0.2, 0.25) is 0 Å². The molecule has 0 radical (unpaired) electrons. The van der Waals surface area contributed by atoms with E-state index in [2.05, 4.69) is 14.6 Å². The molecular weight excluding hydrogens is 278 g/mol. The zero-order chi connectivity index (χ0) is 14.6. The number of hydrogen-bond donors (Lipinski definition) is 2. The predicted molar refractivity (Wildman–Crippen MR) is 75.0 cm³/mol. The second-order valence-electron chi connectivity index (χ2n) is 4.86. The predicted octanol–water partition coefficient (Wildman–Crippen LogP) is -0.0372. The lowest BCUT2D eigenvalue weighted by Crippen LogP contribution is -2.42. The molecule has 0 saturated carbocycles. The van der Waals surface area contributed by atoms with Crippen LogP contribution in [0.3, 0.4) is 0 Å². The second-order valence-corrected chi connectivity index (χ2v) is 6.24. The van der Waals surface area contributed by atoms with Crippen LogP contribution in [0.4, 0.5) is 5.82 Å². The first-order valence-corrected chi connectivity index (χ1v) is 7.91. The number of nitrogens with zero attached hydrogens (tertiary/aromatic N) is 3. The van der Waals surface area contributed by atoms with Gasteiger partial charge in [-0.25, -0.2) is 14.8 Å². The molecule has 1 aromatic rings. The summed E-state index contributed by atoms with van der Waals surface area (Å²) in [6, 6.07) is 5.58. The maximum absolute atomic E-state index is 10.9.